The predicted molar refractivity (Wildman–Crippen MR) is 93.3 cm³/mol. The molecule has 0 aliphatic carbocycles. The van der Waals surface area contributed by atoms with Gasteiger partial charge in [-0.05, 0) is 12.8 Å². The first-order valence-corrected chi connectivity index (χ1v) is 9.00. The number of hydrogen-bond donors (Lipinski definition) is 0. The fourth-order valence-electron chi connectivity index (χ4n) is 3.68. The molecule has 2 saturated heterocycles. The predicted octanol–water partition coefficient (Wildman–Crippen LogP) is 0.821. The van der Waals surface area contributed by atoms with E-state index in [2.05, 4.69) is 41.6 Å². The molecule has 2 aromatic heterocycles. The molecule has 2 aromatic rings. The van der Waals surface area contributed by atoms with Crippen LogP contribution in [0.2, 0.25) is 0 Å². The van der Waals surface area contributed by atoms with Gasteiger partial charge >= 0.3 is 0 Å². The highest BCUT2D eigenvalue weighted by molar-refractivity contribution is 5.36. The molecule has 0 spiro atoms. The van der Waals surface area contributed by atoms with Crippen molar-refractivity contribution in [1.82, 2.24) is 29.6 Å². The van der Waals surface area contributed by atoms with E-state index in [1.165, 1.54) is 0 Å². The summed E-state index contributed by atoms with van der Waals surface area (Å²) in [6.45, 7) is 6.32. The minimum Gasteiger partial charge on any atom is -0.379 e. The van der Waals surface area contributed by atoms with Gasteiger partial charge in [0.05, 0.1) is 26.0 Å². The summed E-state index contributed by atoms with van der Waals surface area (Å²) in [5.41, 5.74) is 0. The number of aromatic nitrogens is 5. The van der Waals surface area contributed by atoms with Gasteiger partial charge in [-0.3, -0.25) is 9.88 Å². The van der Waals surface area contributed by atoms with Crippen LogP contribution in [0.1, 0.15) is 30.4 Å². The van der Waals surface area contributed by atoms with Crippen LogP contribution in [0.4, 0.5) is 5.82 Å². The molecule has 0 radical (unpaired) electrons. The zero-order chi connectivity index (χ0) is 17.1. The van der Waals surface area contributed by atoms with Gasteiger partial charge in [0, 0.05) is 51.5 Å². The van der Waals surface area contributed by atoms with E-state index in [1.54, 1.807) is 12.4 Å². The molecule has 2 aliphatic rings. The Hall–Kier alpha value is -2.06. The van der Waals surface area contributed by atoms with Crippen molar-refractivity contribution >= 4 is 5.82 Å². The molecule has 0 N–H and O–H groups in total. The van der Waals surface area contributed by atoms with Crippen molar-refractivity contribution in [1.29, 1.82) is 0 Å². The minimum absolute atomic E-state index is 0.381. The fraction of sp³-hybridized carbons (Fsp3) is 0.647. The Morgan fingerprint density at radius 2 is 2.04 bits per heavy atom. The SMILES string of the molecule is Cn1c(CN2CCOCC2)nnc1C1CCCN(c2cnccn2)C1. The standard InChI is InChI=1S/C17H25N7O/c1-22-16(13-23-7-9-25-10-8-23)20-21-17(22)14-3-2-6-24(12-14)15-11-18-4-5-19-15/h4-5,11,14H,2-3,6-10,12-13H2,1H3. The summed E-state index contributed by atoms with van der Waals surface area (Å²) in [7, 11) is 2.09. The minimum atomic E-state index is 0.381. The van der Waals surface area contributed by atoms with Crippen LogP contribution in [0, 0.1) is 0 Å². The molecule has 1 unspecified atom stereocenters. The zero-order valence-electron chi connectivity index (χ0n) is 14.7. The van der Waals surface area contributed by atoms with Gasteiger partial charge in [0.2, 0.25) is 0 Å². The van der Waals surface area contributed by atoms with E-state index in [0.29, 0.717) is 5.92 Å². The average molecular weight is 343 g/mol. The normalized spacial score (nSPS) is 22.3. The van der Waals surface area contributed by atoms with Gasteiger partial charge in [0.25, 0.3) is 0 Å². The fourth-order valence-corrected chi connectivity index (χ4v) is 3.68. The van der Waals surface area contributed by atoms with Crippen LogP contribution in [-0.4, -0.2) is 69.0 Å². The second-order valence-corrected chi connectivity index (χ2v) is 6.77. The van der Waals surface area contributed by atoms with Crippen LogP contribution in [0.15, 0.2) is 18.6 Å². The van der Waals surface area contributed by atoms with Crippen LogP contribution in [0.3, 0.4) is 0 Å². The van der Waals surface area contributed by atoms with Crippen molar-refractivity contribution in [3.8, 4) is 0 Å². The second kappa shape index (κ2) is 7.45. The smallest absolute Gasteiger partial charge is 0.147 e. The molecule has 4 heterocycles. The number of ether oxygens (including phenoxy) is 1. The van der Waals surface area contributed by atoms with E-state index in [4.69, 9.17) is 4.74 Å². The number of rotatable bonds is 4. The quantitative estimate of drug-likeness (QED) is 0.814. The van der Waals surface area contributed by atoms with E-state index >= 15 is 0 Å². The Balaban J connectivity index is 1.46. The molecule has 8 nitrogen and oxygen atoms in total. The maximum Gasteiger partial charge on any atom is 0.147 e. The van der Waals surface area contributed by atoms with Crippen LogP contribution in [-0.2, 0) is 18.3 Å². The summed E-state index contributed by atoms with van der Waals surface area (Å²) in [6, 6.07) is 0. The lowest BCUT2D eigenvalue weighted by Gasteiger charge is -2.32. The Labute approximate surface area is 147 Å². The van der Waals surface area contributed by atoms with E-state index in [9.17, 15) is 0 Å². The van der Waals surface area contributed by atoms with E-state index in [0.717, 1.165) is 76.2 Å². The van der Waals surface area contributed by atoms with Crippen molar-refractivity contribution in [2.75, 3.05) is 44.3 Å². The molecule has 1 atom stereocenters. The maximum absolute atomic E-state index is 5.42. The van der Waals surface area contributed by atoms with Gasteiger partial charge in [0.1, 0.15) is 17.5 Å². The Morgan fingerprint density at radius 1 is 1.16 bits per heavy atom. The first kappa shape index (κ1) is 16.4. The lowest BCUT2D eigenvalue weighted by atomic mass is 9.97. The summed E-state index contributed by atoms with van der Waals surface area (Å²) in [6.07, 6.45) is 7.57. The van der Waals surface area contributed by atoms with Crippen molar-refractivity contribution in [2.24, 2.45) is 7.05 Å². The number of piperidine rings is 1. The third-order valence-electron chi connectivity index (χ3n) is 5.13. The van der Waals surface area contributed by atoms with Crippen LogP contribution < -0.4 is 4.90 Å². The van der Waals surface area contributed by atoms with Gasteiger partial charge in [-0.1, -0.05) is 0 Å². The Bertz CT molecular complexity index is 684. The number of anilines is 1. The Morgan fingerprint density at radius 3 is 2.84 bits per heavy atom. The van der Waals surface area contributed by atoms with Gasteiger partial charge in [-0.25, -0.2) is 4.98 Å². The molecule has 0 saturated carbocycles. The molecule has 0 amide bonds. The van der Waals surface area contributed by atoms with Crippen LogP contribution in [0.25, 0.3) is 0 Å². The number of morpholine rings is 1. The van der Waals surface area contributed by atoms with Crippen molar-refractivity contribution in [3.05, 3.63) is 30.2 Å². The van der Waals surface area contributed by atoms with E-state index < -0.39 is 0 Å². The average Bonchev–Trinajstić information content (AvgIpc) is 3.04. The molecule has 2 aliphatic heterocycles. The Kier molecular flexibility index (Phi) is 4.89. The molecular formula is C17H25N7O. The lowest BCUT2D eigenvalue weighted by molar-refractivity contribution is 0.0326. The number of hydrogen-bond acceptors (Lipinski definition) is 7. The first-order valence-electron chi connectivity index (χ1n) is 9.00. The molecule has 4 rings (SSSR count). The molecule has 0 bridgehead atoms. The van der Waals surface area contributed by atoms with Crippen molar-refractivity contribution < 1.29 is 4.74 Å². The largest absolute Gasteiger partial charge is 0.379 e. The van der Waals surface area contributed by atoms with E-state index in [1.807, 2.05) is 6.20 Å². The van der Waals surface area contributed by atoms with Gasteiger partial charge in [0.15, 0.2) is 0 Å². The highest BCUT2D eigenvalue weighted by atomic mass is 16.5. The molecule has 2 fully saturated rings. The summed E-state index contributed by atoms with van der Waals surface area (Å²) >= 11 is 0. The maximum atomic E-state index is 5.42. The molecule has 8 heteroatoms. The monoisotopic (exact) mass is 343 g/mol. The van der Waals surface area contributed by atoms with Crippen molar-refractivity contribution in [3.63, 3.8) is 0 Å². The summed E-state index contributed by atoms with van der Waals surface area (Å²) in [4.78, 5) is 13.3. The highest BCUT2D eigenvalue weighted by Crippen LogP contribution is 2.28. The molecule has 0 aromatic carbocycles. The van der Waals surface area contributed by atoms with Gasteiger partial charge in [-0.15, -0.1) is 10.2 Å². The highest BCUT2D eigenvalue weighted by Gasteiger charge is 2.27. The van der Waals surface area contributed by atoms with Gasteiger partial charge in [-0.2, -0.15) is 0 Å². The third-order valence-corrected chi connectivity index (χ3v) is 5.13. The second-order valence-electron chi connectivity index (χ2n) is 6.77. The third kappa shape index (κ3) is 3.64. The topological polar surface area (TPSA) is 72.2 Å². The number of nitrogens with zero attached hydrogens (tertiary/aromatic N) is 7. The van der Waals surface area contributed by atoms with E-state index in [-0.39, 0.29) is 0 Å². The molecular weight excluding hydrogens is 318 g/mol. The van der Waals surface area contributed by atoms with Crippen LogP contribution >= 0.6 is 0 Å². The lowest BCUT2D eigenvalue weighted by Crippen LogP contribution is -2.37. The molecule has 134 valence electrons. The first-order chi connectivity index (χ1) is 12.3. The molecule has 25 heavy (non-hydrogen) atoms. The summed E-state index contributed by atoms with van der Waals surface area (Å²) in [5, 5.41) is 8.99. The van der Waals surface area contributed by atoms with Crippen molar-refractivity contribution in [2.45, 2.75) is 25.3 Å². The zero-order valence-corrected chi connectivity index (χ0v) is 14.7. The van der Waals surface area contributed by atoms with Crippen LogP contribution in [0.5, 0.6) is 0 Å². The summed E-state index contributed by atoms with van der Waals surface area (Å²) < 4.78 is 7.60. The van der Waals surface area contributed by atoms with Gasteiger partial charge < -0.3 is 14.2 Å². The summed E-state index contributed by atoms with van der Waals surface area (Å²) in [5.74, 6) is 3.44.